The minimum Gasteiger partial charge on any atom is -0.485 e. The van der Waals surface area contributed by atoms with Crippen LogP contribution in [0, 0.1) is 0 Å². The molecule has 4 heteroatoms. The number of carbonyl (C=O) groups excluding carboxylic acids is 1. The number of aryl methyl sites for hydroxylation is 2. The summed E-state index contributed by atoms with van der Waals surface area (Å²) in [6, 6.07) is 13.9. The molecule has 1 heterocycles. The lowest BCUT2D eigenvalue weighted by Gasteiger charge is -2.25. The van der Waals surface area contributed by atoms with Gasteiger partial charge in [0.05, 0.1) is 0 Å². The normalized spacial score (nSPS) is 15.8. The summed E-state index contributed by atoms with van der Waals surface area (Å²) in [7, 11) is 0. The first-order chi connectivity index (χ1) is 11.7. The van der Waals surface area contributed by atoms with E-state index in [1.54, 1.807) is 0 Å². The summed E-state index contributed by atoms with van der Waals surface area (Å²) >= 11 is 0. The lowest BCUT2D eigenvalue weighted by Crippen LogP contribution is -2.43. The SMILES string of the molecule is CCc1ccc(CC)c(CNC(=O)C2COc3ccccc3O2)c1. The van der Waals surface area contributed by atoms with Crippen molar-refractivity contribution in [3.8, 4) is 11.5 Å². The fourth-order valence-corrected chi connectivity index (χ4v) is 2.85. The van der Waals surface area contributed by atoms with Crippen molar-refractivity contribution in [2.24, 2.45) is 0 Å². The summed E-state index contributed by atoms with van der Waals surface area (Å²) < 4.78 is 11.4. The standard InChI is InChI=1S/C20H23NO3/c1-3-14-9-10-15(4-2)16(11-14)12-21-20(22)19-13-23-17-7-5-6-8-18(17)24-19/h5-11,19H,3-4,12-13H2,1-2H3,(H,21,22). The Bertz CT molecular complexity index is 727. The summed E-state index contributed by atoms with van der Waals surface area (Å²) in [4.78, 5) is 12.4. The van der Waals surface area contributed by atoms with E-state index in [-0.39, 0.29) is 12.5 Å². The van der Waals surface area contributed by atoms with Crippen LogP contribution in [0.15, 0.2) is 42.5 Å². The molecule has 4 nitrogen and oxygen atoms in total. The molecule has 1 amide bonds. The molecule has 2 aromatic rings. The van der Waals surface area contributed by atoms with Crippen molar-refractivity contribution in [2.75, 3.05) is 6.61 Å². The first-order valence-electron chi connectivity index (χ1n) is 8.48. The number of hydrogen-bond donors (Lipinski definition) is 1. The number of ether oxygens (including phenoxy) is 2. The molecule has 0 saturated heterocycles. The highest BCUT2D eigenvalue weighted by Gasteiger charge is 2.27. The molecule has 2 aromatic carbocycles. The van der Waals surface area contributed by atoms with E-state index in [0.717, 1.165) is 12.8 Å². The molecule has 0 fully saturated rings. The van der Waals surface area contributed by atoms with Gasteiger partial charge in [-0.05, 0) is 41.7 Å². The Morgan fingerprint density at radius 1 is 1.08 bits per heavy atom. The van der Waals surface area contributed by atoms with Gasteiger partial charge in [-0.15, -0.1) is 0 Å². The number of hydrogen-bond acceptors (Lipinski definition) is 3. The summed E-state index contributed by atoms with van der Waals surface area (Å²) in [5, 5.41) is 2.98. The topological polar surface area (TPSA) is 47.6 Å². The predicted octanol–water partition coefficient (Wildman–Crippen LogP) is 3.27. The second-order valence-electron chi connectivity index (χ2n) is 5.89. The molecule has 0 saturated carbocycles. The Morgan fingerprint density at radius 2 is 1.88 bits per heavy atom. The van der Waals surface area contributed by atoms with Gasteiger partial charge < -0.3 is 14.8 Å². The smallest absolute Gasteiger partial charge is 0.264 e. The van der Waals surface area contributed by atoms with Crippen molar-refractivity contribution in [1.82, 2.24) is 5.32 Å². The van der Waals surface area contributed by atoms with Gasteiger partial charge in [-0.2, -0.15) is 0 Å². The van der Waals surface area contributed by atoms with Crippen molar-refractivity contribution in [3.05, 3.63) is 59.2 Å². The van der Waals surface area contributed by atoms with Gasteiger partial charge in [0, 0.05) is 6.54 Å². The van der Waals surface area contributed by atoms with Crippen molar-refractivity contribution in [1.29, 1.82) is 0 Å². The molecule has 3 rings (SSSR count). The van der Waals surface area contributed by atoms with Gasteiger partial charge in [0.1, 0.15) is 6.61 Å². The number of amides is 1. The van der Waals surface area contributed by atoms with E-state index in [9.17, 15) is 4.79 Å². The lowest BCUT2D eigenvalue weighted by molar-refractivity contribution is -0.130. The molecule has 1 aliphatic rings. The van der Waals surface area contributed by atoms with Crippen LogP contribution < -0.4 is 14.8 Å². The van der Waals surface area contributed by atoms with Gasteiger partial charge in [-0.25, -0.2) is 0 Å². The lowest BCUT2D eigenvalue weighted by atomic mass is 10.0. The fraction of sp³-hybridized carbons (Fsp3) is 0.350. The van der Waals surface area contributed by atoms with E-state index in [2.05, 4.69) is 37.4 Å². The molecule has 1 N–H and O–H groups in total. The highest BCUT2D eigenvalue weighted by atomic mass is 16.6. The summed E-state index contributed by atoms with van der Waals surface area (Å²) in [5.41, 5.74) is 3.71. The summed E-state index contributed by atoms with van der Waals surface area (Å²) in [5.74, 6) is 1.16. The largest absolute Gasteiger partial charge is 0.485 e. The van der Waals surface area contributed by atoms with Crippen LogP contribution in [0.1, 0.15) is 30.5 Å². The van der Waals surface area contributed by atoms with Crippen LogP contribution in [0.4, 0.5) is 0 Å². The maximum absolute atomic E-state index is 12.4. The van der Waals surface area contributed by atoms with Gasteiger partial charge >= 0.3 is 0 Å². The first-order valence-corrected chi connectivity index (χ1v) is 8.48. The van der Waals surface area contributed by atoms with Crippen LogP contribution in [0.2, 0.25) is 0 Å². The number of carbonyl (C=O) groups is 1. The molecule has 0 bridgehead atoms. The van der Waals surface area contributed by atoms with Crippen molar-refractivity contribution < 1.29 is 14.3 Å². The van der Waals surface area contributed by atoms with Gasteiger partial charge in [0.2, 0.25) is 6.10 Å². The van der Waals surface area contributed by atoms with Crippen LogP contribution in [0.25, 0.3) is 0 Å². The first kappa shape index (κ1) is 16.4. The monoisotopic (exact) mass is 325 g/mol. The predicted molar refractivity (Wildman–Crippen MR) is 93.4 cm³/mol. The minimum atomic E-state index is -0.612. The van der Waals surface area contributed by atoms with E-state index >= 15 is 0 Å². The molecule has 126 valence electrons. The average Bonchev–Trinajstić information content (AvgIpc) is 2.65. The third-order valence-electron chi connectivity index (χ3n) is 4.31. The Morgan fingerprint density at radius 3 is 2.62 bits per heavy atom. The van der Waals surface area contributed by atoms with Crippen LogP contribution in [0.5, 0.6) is 11.5 Å². The van der Waals surface area contributed by atoms with E-state index < -0.39 is 6.10 Å². The number of para-hydroxylation sites is 2. The number of fused-ring (bicyclic) bond motifs is 1. The Labute approximate surface area is 142 Å². The van der Waals surface area contributed by atoms with Crippen molar-refractivity contribution in [3.63, 3.8) is 0 Å². The molecule has 1 aliphatic heterocycles. The molecular weight excluding hydrogens is 302 g/mol. The maximum Gasteiger partial charge on any atom is 0.264 e. The van der Waals surface area contributed by atoms with Crippen LogP contribution >= 0.6 is 0 Å². The molecule has 24 heavy (non-hydrogen) atoms. The Balaban J connectivity index is 1.64. The number of rotatable bonds is 5. The van der Waals surface area contributed by atoms with Crippen LogP contribution in [-0.2, 0) is 24.2 Å². The van der Waals surface area contributed by atoms with Crippen LogP contribution in [0.3, 0.4) is 0 Å². The maximum atomic E-state index is 12.4. The number of benzene rings is 2. The zero-order valence-corrected chi connectivity index (χ0v) is 14.2. The van der Waals surface area contributed by atoms with Crippen molar-refractivity contribution in [2.45, 2.75) is 39.3 Å². The third kappa shape index (κ3) is 3.53. The molecular formula is C20H23NO3. The van der Waals surface area contributed by atoms with Gasteiger partial charge in [0.15, 0.2) is 11.5 Å². The minimum absolute atomic E-state index is 0.145. The number of nitrogens with one attached hydrogen (secondary N) is 1. The van der Waals surface area contributed by atoms with Gasteiger partial charge in [-0.1, -0.05) is 44.2 Å². The Hall–Kier alpha value is -2.49. The summed E-state index contributed by atoms with van der Waals surface area (Å²) in [6.45, 7) is 5.01. The van der Waals surface area contributed by atoms with E-state index in [1.807, 2.05) is 24.3 Å². The van der Waals surface area contributed by atoms with Gasteiger partial charge in [-0.3, -0.25) is 4.79 Å². The molecule has 1 unspecified atom stereocenters. The second kappa shape index (κ2) is 7.39. The van der Waals surface area contributed by atoms with E-state index in [0.29, 0.717) is 18.0 Å². The third-order valence-corrected chi connectivity index (χ3v) is 4.31. The fourth-order valence-electron chi connectivity index (χ4n) is 2.85. The van der Waals surface area contributed by atoms with E-state index in [1.165, 1.54) is 16.7 Å². The van der Waals surface area contributed by atoms with Gasteiger partial charge in [0.25, 0.3) is 5.91 Å². The zero-order chi connectivity index (χ0) is 16.9. The molecule has 0 aromatic heterocycles. The molecule has 1 atom stereocenters. The highest BCUT2D eigenvalue weighted by Crippen LogP contribution is 2.30. The highest BCUT2D eigenvalue weighted by molar-refractivity contribution is 5.81. The Kier molecular flexibility index (Phi) is 5.04. The van der Waals surface area contributed by atoms with E-state index in [4.69, 9.17) is 9.47 Å². The molecule has 0 radical (unpaired) electrons. The van der Waals surface area contributed by atoms with Crippen molar-refractivity contribution >= 4 is 5.91 Å². The quantitative estimate of drug-likeness (QED) is 0.918. The van der Waals surface area contributed by atoms with Crippen LogP contribution in [-0.4, -0.2) is 18.6 Å². The molecule has 0 spiro atoms. The summed E-state index contributed by atoms with van der Waals surface area (Å²) in [6.07, 6.45) is 1.33. The second-order valence-corrected chi connectivity index (χ2v) is 5.89. The molecule has 0 aliphatic carbocycles. The zero-order valence-electron chi connectivity index (χ0n) is 14.2. The average molecular weight is 325 g/mol.